The number of hydrogen-bond donors (Lipinski definition) is 1. The highest BCUT2D eigenvalue weighted by molar-refractivity contribution is 14.1. The third kappa shape index (κ3) is 2.80. The van der Waals surface area contributed by atoms with E-state index < -0.39 is 0 Å². The van der Waals surface area contributed by atoms with Crippen LogP contribution < -0.4 is 5.73 Å². The van der Waals surface area contributed by atoms with Crippen LogP contribution in [0.15, 0.2) is 24.3 Å². The van der Waals surface area contributed by atoms with Gasteiger partial charge in [-0.05, 0) is 46.2 Å². The number of aromatic nitrogens is 2. The Morgan fingerprint density at radius 1 is 1.44 bits per heavy atom. The lowest BCUT2D eigenvalue weighted by molar-refractivity contribution is 0.664. The standard InChI is InChI=1S/C13H15ClIN3/c1-8(2)12-11(15)13(16)18(17-12)7-9-4-3-5-10(14)6-9/h3-6,8H,7,16H2,1-2H3. The van der Waals surface area contributed by atoms with Crippen LogP contribution >= 0.6 is 34.2 Å². The summed E-state index contributed by atoms with van der Waals surface area (Å²) in [6, 6.07) is 7.76. The second-order valence-electron chi connectivity index (χ2n) is 4.53. The molecule has 96 valence electrons. The van der Waals surface area contributed by atoms with Crippen LogP contribution in [0.1, 0.15) is 31.0 Å². The number of rotatable bonds is 3. The van der Waals surface area contributed by atoms with E-state index in [-0.39, 0.29) is 0 Å². The fourth-order valence-corrected chi connectivity index (χ4v) is 2.99. The highest BCUT2D eigenvalue weighted by Gasteiger charge is 2.15. The summed E-state index contributed by atoms with van der Waals surface area (Å²) in [7, 11) is 0. The Morgan fingerprint density at radius 2 is 2.17 bits per heavy atom. The monoisotopic (exact) mass is 375 g/mol. The van der Waals surface area contributed by atoms with Crippen LogP contribution in [0.2, 0.25) is 5.02 Å². The first-order valence-corrected chi connectivity index (χ1v) is 7.21. The van der Waals surface area contributed by atoms with Gasteiger partial charge in [0.1, 0.15) is 5.82 Å². The maximum absolute atomic E-state index is 6.09. The van der Waals surface area contributed by atoms with Crippen molar-refractivity contribution in [1.29, 1.82) is 0 Å². The molecule has 0 bridgehead atoms. The Hall–Kier alpha value is -0.750. The average molecular weight is 376 g/mol. The van der Waals surface area contributed by atoms with Gasteiger partial charge in [-0.25, -0.2) is 4.68 Å². The topological polar surface area (TPSA) is 43.8 Å². The Bertz CT molecular complexity index is 563. The van der Waals surface area contributed by atoms with E-state index in [0.717, 1.165) is 25.7 Å². The first-order chi connectivity index (χ1) is 8.49. The lowest BCUT2D eigenvalue weighted by atomic mass is 10.1. The van der Waals surface area contributed by atoms with Crippen LogP contribution in [0.3, 0.4) is 0 Å². The fourth-order valence-electron chi connectivity index (χ4n) is 1.77. The molecule has 1 aromatic heterocycles. The average Bonchev–Trinajstić information content (AvgIpc) is 2.58. The van der Waals surface area contributed by atoms with Gasteiger partial charge in [0.05, 0.1) is 15.8 Å². The van der Waals surface area contributed by atoms with Crippen molar-refractivity contribution in [1.82, 2.24) is 9.78 Å². The van der Waals surface area contributed by atoms with Crippen molar-refractivity contribution in [3.63, 3.8) is 0 Å². The molecule has 0 fully saturated rings. The molecule has 0 saturated carbocycles. The van der Waals surface area contributed by atoms with Gasteiger partial charge in [-0.15, -0.1) is 0 Å². The second kappa shape index (κ2) is 5.48. The molecule has 0 saturated heterocycles. The predicted molar refractivity (Wildman–Crippen MR) is 84.0 cm³/mol. The Kier molecular flexibility index (Phi) is 4.17. The minimum Gasteiger partial charge on any atom is -0.383 e. The molecule has 2 rings (SSSR count). The smallest absolute Gasteiger partial charge is 0.135 e. The van der Waals surface area contributed by atoms with Crippen molar-refractivity contribution in [2.45, 2.75) is 26.3 Å². The van der Waals surface area contributed by atoms with Crippen LogP contribution in [0, 0.1) is 3.57 Å². The summed E-state index contributed by atoms with van der Waals surface area (Å²) in [5, 5.41) is 5.31. The second-order valence-corrected chi connectivity index (χ2v) is 6.04. The maximum atomic E-state index is 6.09. The minimum atomic E-state index is 0.375. The van der Waals surface area contributed by atoms with Gasteiger partial charge in [-0.1, -0.05) is 37.6 Å². The van der Waals surface area contributed by atoms with Gasteiger partial charge in [0.25, 0.3) is 0 Å². The van der Waals surface area contributed by atoms with Crippen LogP contribution in [-0.4, -0.2) is 9.78 Å². The summed E-state index contributed by atoms with van der Waals surface area (Å²) in [4.78, 5) is 0. The molecule has 0 aliphatic heterocycles. The van der Waals surface area contributed by atoms with Gasteiger partial charge >= 0.3 is 0 Å². The van der Waals surface area contributed by atoms with E-state index in [0.29, 0.717) is 12.5 Å². The molecular formula is C13H15ClIN3. The number of anilines is 1. The Morgan fingerprint density at radius 3 is 2.72 bits per heavy atom. The summed E-state index contributed by atoms with van der Waals surface area (Å²) in [5.41, 5.74) is 8.24. The zero-order valence-corrected chi connectivity index (χ0v) is 13.2. The number of nitrogen functional groups attached to an aromatic ring is 1. The molecule has 3 nitrogen and oxygen atoms in total. The summed E-state index contributed by atoms with van der Waals surface area (Å²) >= 11 is 8.23. The van der Waals surface area contributed by atoms with Crippen LogP contribution in [0.25, 0.3) is 0 Å². The number of halogens is 2. The van der Waals surface area contributed by atoms with Crippen LogP contribution in [0.4, 0.5) is 5.82 Å². The molecule has 18 heavy (non-hydrogen) atoms. The first kappa shape index (κ1) is 13.7. The van der Waals surface area contributed by atoms with E-state index in [2.05, 4.69) is 41.5 Å². The molecule has 5 heteroatoms. The molecule has 0 atom stereocenters. The van der Waals surface area contributed by atoms with E-state index >= 15 is 0 Å². The molecule has 0 spiro atoms. The van der Waals surface area contributed by atoms with E-state index in [4.69, 9.17) is 17.3 Å². The van der Waals surface area contributed by atoms with Crippen molar-refractivity contribution in [3.8, 4) is 0 Å². The van der Waals surface area contributed by atoms with Gasteiger partial charge in [0, 0.05) is 5.02 Å². The molecule has 0 aliphatic rings. The number of nitrogens with two attached hydrogens (primary N) is 1. The third-order valence-corrected chi connectivity index (χ3v) is 4.06. The highest BCUT2D eigenvalue weighted by atomic mass is 127. The zero-order chi connectivity index (χ0) is 13.3. The SMILES string of the molecule is CC(C)c1nn(Cc2cccc(Cl)c2)c(N)c1I. The van der Waals surface area contributed by atoms with Crippen LogP contribution in [-0.2, 0) is 6.54 Å². The van der Waals surface area contributed by atoms with Crippen molar-refractivity contribution >= 4 is 40.0 Å². The Labute approximate surface area is 125 Å². The fraction of sp³-hybridized carbons (Fsp3) is 0.308. The number of nitrogens with zero attached hydrogens (tertiary/aromatic N) is 2. The van der Waals surface area contributed by atoms with Gasteiger partial charge < -0.3 is 5.73 Å². The molecule has 1 heterocycles. The molecule has 0 unspecified atom stereocenters. The lowest BCUT2D eigenvalue weighted by Gasteiger charge is -2.04. The van der Waals surface area contributed by atoms with Gasteiger partial charge in [0.2, 0.25) is 0 Å². The minimum absolute atomic E-state index is 0.375. The molecule has 1 aromatic carbocycles. The van der Waals surface area contributed by atoms with Gasteiger partial charge in [-0.2, -0.15) is 5.10 Å². The van der Waals surface area contributed by atoms with E-state index in [1.165, 1.54) is 0 Å². The van der Waals surface area contributed by atoms with Crippen molar-refractivity contribution in [3.05, 3.63) is 44.1 Å². The molecular weight excluding hydrogens is 361 g/mol. The molecule has 0 aliphatic carbocycles. The highest BCUT2D eigenvalue weighted by Crippen LogP contribution is 2.26. The lowest BCUT2D eigenvalue weighted by Crippen LogP contribution is -2.06. The molecule has 0 radical (unpaired) electrons. The molecule has 2 N–H and O–H groups in total. The maximum Gasteiger partial charge on any atom is 0.135 e. The van der Waals surface area contributed by atoms with Crippen molar-refractivity contribution in [2.75, 3.05) is 5.73 Å². The normalized spacial score (nSPS) is 11.2. The third-order valence-electron chi connectivity index (χ3n) is 2.72. The number of benzene rings is 1. The molecule has 2 aromatic rings. The number of hydrogen-bond acceptors (Lipinski definition) is 2. The predicted octanol–water partition coefficient (Wildman–Crippen LogP) is 3.90. The molecule has 0 amide bonds. The van der Waals surface area contributed by atoms with Crippen LogP contribution in [0.5, 0.6) is 0 Å². The van der Waals surface area contributed by atoms with E-state index in [1.54, 1.807) is 0 Å². The Balaban J connectivity index is 2.32. The largest absolute Gasteiger partial charge is 0.383 e. The quantitative estimate of drug-likeness (QED) is 0.827. The van der Waals surface area contributed by atoms with Gasteiger partial charge in [-0.3, -0.25) is 0 Å². The summed E-state index contributed by atoms with van der Waals surface area (Å²) < 4.78 is 2.88. The summed E-state index contributed by atoms with van der Waals surface area (Å²) in [6.07, 6.45) is 0. The first-order valence-electron chi connectivity index (χ1n) is 5.75. The van der Waals surface area contributed by atoms with E-state index in [1.807, 2.05) is 28.9 Å². The summed E-state index contributed by atoms with van der Waals surface area (Å²) in [5.74, 6) is 1.10. The zero-order valence-electron chi connectivity index (χ0n) is 10.3. The van der Waals surface area contributed by atoms with Crippen molar-refractivity contribution < 1.29 is 0 Å². The van der Waals surface area contributed by atoms with E-state index in [9.17, 15) is 0 Å². The summed E-state index contributed by atoms with van der Waals surface area (Å²) in [6.45, 7) is 4.89. The van der Waals surface area contributed by atoms with Gasteiger partial charge in [0.15, 0.2) is 0 Å². The van der Waals surface area contributed by atoms with Crippen molar-refractivity contribution in [2.24, 2.45) is 0 Å².